The number of nitrogens with zero attached hydrogens (tertiary/aromatic N) is 1. The molecular formula is C10H14ClNO3S. The minimum Gasteiger partial charge on any atom is -0.447 e. The second-order valence-corrected chi connectivity index (χ2v) is 4.86. The van der Waals surface area contributed by atoms with Crippen molar-refractivity contribution >= 4 is 29.0 Å². The van der Waals surface area contributed by atoms with Gasteiger partial charge < -0.3 is 14.7 Å². The van der Waals surface area contributed by atoms with Gasteiger partial charge in [-0.25, -0.2) is 4.79 Å². The van der Waals surface area contributed by atoms with Crippen molar-refractivity contribution in [2.75, 3.05) is 19.8 Å². The largest absolute Gasteiger partial charge is 0.447 e. The van der Waals surface area contributed by atoms with Crippen LogP contribution in [-0.4, -0.2) is 35.9 Å². The van der Waals surface area contributed by atoms with Crippen LogP contribution in [0.15, 0.2) is 12.1 Å². The summed E-state index contributed by atoms with van der Waals surface area (Å²) in [5, 5.41) is 8.55. The molecule has 0 saturated carbocycles. The van der Waals surface area contributed by atoms with Crippen LogP contribution in [0.3, 0.4) is 0 Å². The highest BCUT2D eigenvalue weighted by Crippen LogP contribution is 2.22. The average Bonchev–Trinajstić information content (AvgIpc) is 2.68. The maximum Gasteiger partial charge on any atom is 0.410 e. The van der Waals surface area contributed by atoms with E-state index in [4.69, 9.17) is 21.4 Å². The van der Waals surface area contributed by atoms with Crippen LogP contribution in [0.5, 0.6) is 0 Å². The number of carbonyl (C=O) groups is 1. The number of aliphatic hydroxyl groups excluding tert-OH is 1. The van der Waals surface area contributed by atoms with E-state index in [1.165, 1.54) is 11.3 Å². The first-order valence-electron chi connectivity index (χ1n) is 4.94. The number of rotatable bonds is 5. The first kappa shape index (κ1) is 13.3. The summed E-state index contributed by atoms with van der Waals surface area (Å²) in [6.07, 6.45) is -0.416. The standard InChI is InChI=1S/C10H14ClNO3S/c1-2-12(10(14)15-6-5-13)7-8-3-4-9(11)16-8/h3-4,13H,2,5-7H2,1H3. The topological polar surface area (TPSA) is 49.8 Å². The van der Waals surface area contributed by atoms with Crippen molar-refractivity contribution in [3.05, 3.63) is 21.3 Å². The quantitative estimate of drug-likeness (QED) is 0.887. The van der Waals surface area contributed by atoms with Crippen LogP contribution in [0.4, 0.5) is 4.79 Å². The highest BCUT2D eigenvalue weighted by Gasteiger charge is 2.14. The van der Waals surface area contributed by atoms with Crippen molar-refractivity contribution in [2.45, 2.75) is 13.5 Å². The summed E-state index contributed by atoms with van der Waals surface area (Å²) in [6.45, 7) is 2.78. The van der Waals surface area contributed by atoms with E-state index < -0.39 is 6.09 Å². The van der Waals surface area contributed by atoms with Crippen LogP contribution in [0.1, 0.15) is 11.8 Å². The highest BCUT2D eigenvalue weighted by atomic mass is 35.5. The molecule has 0 radical (unpaired) electrons. The molecule has 0 aliphatic rings. The molecule has 1 rings (SSSR count). The first-order valence-corrected chi connectivity index (χ1v) is 6.13. The van der Waals surface area contributed by atoms with E-state index in [1.54, 1.807) is 11.0 Å². The van der Waals surface area contributed by atoms with Gasteiger partial charge in [0.2, 0.25) is 0 Å². The van der Waals surface area contributed by atoms with Gasteiger partial charge in [0, 0.05) is 11.4 Å². The number of halogens is 1. The number of hydrogen-bond acceptors (Lipinski definition) is 4. The van der Waals surface area contributed by atoms with Gasteiger partial charge in [-0.3, -0.25) is 0 Å². The lowest BCUT2D eigenvalue weighted by molar-refractivity contribution is 0.0839. The summed E-state index contributed by atoms with van der Waals surface area (Å²) in [4.78, 5) is 14.1. The lowest BCUT2D eigenvalue weighted by atomic mass is 10.4. The van der Waals surface area contributed by atoms with Crippen LogP contribution in [0.2, 0.25) is 4.34 Å². The molecule has 0 aliphatic heterocycles. The van der Waals surface area contributed by atoms with Crippen molar-refractivity contribution in [3.63, 3.8) is 0 Å². The Morgan fingerprint density at radius 2 is 2.38 bits per heavy atom. The summed E-state index contributed by atoms with van der Waals surface area (Å²) in [6, 6.07) is 3.68. The molecule has 1 amide bonds. The first-order chi connectivity index (χ1) is 7.67. The normalized spacial score (nSPS) is 10.2. The molecule has 4 nitrogen and oxygen atoms in total. The third-order valence-electron chi connectivity index (χ3n) is 1.93. The third-order valence-corrected chi connectivity index (χ3v) is 3.15. The number of hydrogen-bond donors (Lipinski definition) is 1. The summed E-state index contributed by atoms with van der Waals surface area (Å²) >= 11 is 7.24. The van der Waals surface area contributed by atoms with E-state index in [0.29, 0.717) is 17.4 Å². The Hall–Kier alpha value is -0.780. The van der Waals surface area contributed by atoms with E-state index in [2.05, 4.69) is 0 Å². The Morgan fingerprint density at radius 3 is 2.88 bits per heavy atom. The van der Waals surface area contributed by atoms with Gasteiger partial charge in [-0.2, -0.15) is 0 Å². The maximum absolute atomic E-state index is 11.5. The summed E-state index contributed by atoms with van der Waals surface area (Å²) < 4.78 is 5.54. The summed E-state index contributed by atoms with van der Waals surface area (Å²) in [5.74, 6) is 0. The molecule has 16 heavy (non-hydrogen) atoms. The fourth-order valence-electron chi connectivity index (χ4n) is 1.15. The Morgan fingerprint density at radius 1 is 1.62 bits per heavy atom. The van der Waals surface area contributed by atoms with Crippen LogP contribution in [-0.2, 0) is 11.3 Å². The molecule has 0 fully saturated rings. The van der Waals surface area contributed by atoms with Gasteiger partial charge in [-0.05, 0) is 19.1 Å². The number of aliphatic hydroxyl groups is 1. The fraction of sp³-hybridized carbons (Fsp3) is 0.500. The molecule has 6 heteroatoms. The van der Waals surface area contributed by atoms with Crippen molar-refractivity contribution in [3.8, 4) is 0 Å². The summed E-state index contributed by atoms with van der Waals surface area (Å²) in [7, 11) is 0. The van der Waals surface area contributed by atoms with E-state index in [-0.39, 0.29) is 13.2 Å². The van der Waals surface area contributed by atoms with E-state index in [0.717, 1.165) is 4.88 Å². The Kier molecular flexibility index (Phi) is 5.59. The van der Waals surface area contributed by atoms with Gasteiger partial charge in [-0.15, -0.1) is 11.3 Å². The molecule has 1 heterocycles. The average molecular weight is 264 g/mol. The van der Waals surface area contributed by atoms with Gasteiger partial charge in [0.25, 0.3) is 0 Å². The number of amides is 1. The molecule has 0 unspecified atom stereocenters. The molecule has 1 aromatic heterocycles. The van der Waals surface area contributed by atoms with E-state index in [9.17, 15) is 4.79 Å². The lowest BCUT2D eigenvalue weighted by Gasteiger charge is -2.19. The van der Waals surface area contributed by atoms with Gasteiger partial charge in [-0.1, -0.05) is 11.6 Å². The molecule has 0 aliphatic carbocycles. The monoisotopic (exact) mass is 263 g/mol. The predicted molar refractivity (Wildman–Crippen MR) is 63.8 cm³/mol. The Bertz CT molecular complexity index is 343. The van der Waals surface area contributed by atoms with E-state index in [1.807, 2.05) is 13.0 Å². The van der Waals surface area contributed by atoms with Gasteiger partial charge in [0.1, 0.15) is 6.61 Å². The number of carbonyl (C=O) groups excluding carboxylic acids is 1. The van der Waals surface area contributed by atoms with E-state index >= 15 is 0 Å². The highest BCUT2D eigenvalue weighted by molar-refractivity contribution is 7.16. The third kappa shape index (κ3) is 4.00. The van der Waals surface area contributed by atoms with Crippen LogP contribution >= 0.6 is 22.9 Å². The van der Waals surface area contributed by atoms with Gasteiger partial charge >= 0.3 is 6.09 Å². The predicted octanol–water partition coefficient (Wildman–Crippen LogP) is 2.35. The number of ether oxygens (including phenoxy) is 1. The zero-order chi connectivity index (χ0) is 12.0. The van der Waals surface area contributed by atoms with Crippen molar-refractivity contribution in [2.24, 2.45) is 0 Å². The minimum atomic E-state index is -0.416. The fourth-order valence-corrected chi connectivity index (χ4v) is 2.26. The molecule has 0 bridgehead atoms. The van der Waals surface area contributed by atoms with Crippen LogP contribution < -0.4 is 0 Å². The minimum absolute atomic E-state index is 0.0283. The van der Waals surface area contributed by atoms with Gasteiger partial charge in [0.05, 0.1) is 17.5 Å². The van der Waals surface area contributed by atoms with Crippen LogP contribution in [0, 0.1) is 0 Å². The second-order valence-electron chi connectivity index (χ2n) is 3.06. The Labute approximate surface area is 103 Å². The molecule has 1 N–H and O–H groups in total. The lowest BCUT2D eigenvalue weighted by Crippen LogP contribution is -2.31. The second kappa shape index (κ2) is 6.73. The Balaban J connectivity index is 2.51. The molecule has 0 spiro atoms. The summed E-state index contributed by atoms with van der Waals surface area (Å²) in [5.41, 5.74) is 0. The zero-order valence-corrected chi connectivity index (χ0v) is 10.6. The van der Waals surface area contributed by atoms with Crippen molar-refractivity contribution in [1.82, 2.24) is 4.90 Å². The van der Waals surface area contributed by atoms with Crippen molar-refractivity contribution < 1.29 is 14.6 Å². The molecular weight excluding hydrogens is 250 g/mol. The maximum atomic E-state index is 11.5. The van der Waals surface area contributed by atoms with Gasteiger partial charge in [0.15, 0.2) is 0 Å². The smallest absolute Gasteiger partial charge is 0.410 e. The number of thiophene rings is 1. The van der Waals surface area contributed by atoms with Crippen LogP contribution in [0.25, 0.3) is 0 Å². The molecule has 1 aromatic rings. The molecule has 0 saturated heterocycles. The zero-order valence-electron chi connectivity index (χ0n) is 8.98. The molecule has 0 aromatic carbocycles. The SMILES string of the molecule is CCN(Cc1ccc(Cl)s1)C(=O)OCCO. The van der Waals surface area contributed by atoms with Crippen molar-refractivity contribution in [1.29, 1.82) is 0 Å². The molecule has 90 valence electrons. The molecule has 0 atom stereocenters.